The Labute approximate surface area is 148 Å². The van der Waals surface area contributed by atoms with Gasteiger partial charge in [-0.2, -0.15) is 0 Å². The second kappa shape index (κ2) is 7.27. The van der Waals surface area contributed by atoms with E-state index in [1.54, 1.807) is 31.4 Å². The molecule has 0 bridgehead atoms. The van der Waals surface area contributed by atoms with E-state index in [0.29, 0.717) is 11.3 Å². The molecule has 2 aromatic rings. The topological polar surface area (TPSA) is 47.9 Å². The summed E-state index contributed by atoms with van der Waals surface area (Å²) in [5.74, 6) is 0.341. The van der Waals surface area contributed by atoms with Crippen molar-refractivity contribution >= 4 is 33.9 Å². The van der Waals surface area contributed by atoms with E-state index in [-0.39, 0.29) is 11.6 Å². The van der Waals surface area contributed by atoms with Crippen molar-refractivity contribution in [1.29, 1.82) is 0 Å². The molecule has 1 aliphatic heterocycles. The van der Waals surface area contributed by atoms with Crippen molar-refractivity contribution < 1.29 is 14.3 Å². The van der Waals surface area contributed by atoms with Crippen LogP contribution in [0.2, 0.25) is 0 Å². The van der Waals surface area contributed by atoms with Gasteiger partial charge in [0.05, 0.1) is 12.7 Å². The Morgan fingerprint density at radius 1 is 1.17 bits per heavy atom. The van der Waals surface area contributed by atoms with E-state index < -0.39 is 5.97 Å². The number of hydrogen-bond donors (Lipinski definition) is 0. The second-order valence-corrected chi connectivity index (χ2v) is 5.89. The SMILES string of the molecule is COc1ccc(Br)cc1C1=N/C(=C\C=C\c2ccccc2)C(=O)O1. The Hall–Kier alpha value is -2.66. The van der Waals surface area contributed by atoms with Gasteiger partial charge in [0.2, 0.25) is 5.90 Å². The Bertz CT molecular complexity index is 854. The first kappa shape index (κ1) is 16.2. The molecule has 0 saturated heterocycles. The van der Waals surface area contributed by atoms with E-state index in [1.807, 2.05) is 42.5 Å². The number of rotatable bonds is 4. The van der Waals surface area contributed by atoms with Gasteiger partial charge in [-0.05, 0) is 29.8 Å². The third kappa shape index (κ3) is 3.63. The molecule has 0 atom stereocenters. The summed E-state index contributed by atoms with van der Waals surface area (Å²) in [6.07, 6.45) is 5.30. The summed E-state index contributed by atoms with van der Waals surface area (Å²) in [4.78, 5) is 16.3. The smallest absolute Gasteiger partial charge is 0.363 e. The fourth-order valence-corrected chi connectivity index (χ4v) is 2.56. The van der Waals surface area contributed by atoms with Crippen LogP contribution in [0.4, 0.5) is 0 Å². The molecule has 120 valence electrons. The van der Waals surface area contributed by atoms with Gasteiger partial charge in [-0.25, -0.2) is 9.79 Å². The summed E-state index contributed by atoms with van der Waals surface area (Å²) in [6.45, 7) is 0. The standard InChI is InChI=1S/C19H14BrNO3/c1-23-17-11-10-14(20)12-15(17)18-21-16(19(22)24-18)9-5-8-13-6-3-2-4-7-13/h2-12H,1H3/b8-5+,16-9-. The molecule has 5 heteroatoms. The molecule has 2 aromatic carbocycles. The van der Waals surface area contributed by atoms with Gasteiger partial charge in [0, 0.05) is 4.47 Å². The zero-order valence-corrected chi connectivity index (χ0v) is 14.5. The first-order valence-electron chi connectivity index (χ1n) is 7.25. The molecule has 0 N–H and O–H groups in total. The molecule has 1 aliphatic rings. The van der Waals surface area contributed by atoms with Crippen molar-refractivity contribution in [3.63, 3.8) is 0 Å². The average Bonchev–Trinajstić information content (AvgIpc) is 2.97. The van der Waals surface area contributed by atoms with Crippen LogP contribution in [0, 0.1) is 0 Å². The molecule has 4 nitrogen and oxygen atoms in total. The van der Waals surface area contributed by atoms with Crippen LogP contribution < -0.4 is 4.74 Å². The molecule has 1 heterocycles. The first-order valence-corrected chi connectivity index (χ1v) is 8.05. The molecule has 0 amide bonds. The largest absolute Gasteiger partial charge is 0.496 e. The lowest BCUT2D eigenvalue weighted by molar-refractivity contribution is -0.130. The monoisotopic (exact) mass is 383 g/mol. The van der Waals surface area contributed by atoms with Gasteiger partial charge in [0.15, 0.2) is 5.70 Å². The number of allylic oxidation sites excluding steroid dienone is 2. The van der Waals surface area contributed by atoms with E-state index in [9.17, 15) is 4.79 Å². The molecule has 0 unspecified atom stereocenters. The lowest BCUT2D eigenvalue weighted by Gasteiger charge is -2.07. The molecule has 0 aromatic heterocycles. The van der Waals surface area contributed by atoms with Gasteiger partial charge < -0.3 is 9.47 Å². The van der Waals surface area contributed by atoms with Crippen molar-refractivity contribution in [1.82, 2.24) is 0 Å². The maximum atomic E-state index is 12.0. The summed E-state index contributed by atoms with van der Waals surface area (Å²) in [5, 5.41) is 0. The van der Waals surface area contributed by atoms with Crippen molar-refractivity contribution in [3.05, 3.63) is 82.0 Å². The molecule has 24 heavy (non-hydrogen) atoms. The van der Waals surface area contributed by atoms with Crippen molar-refractivity contribution in [3.8, 4) is 5.75 Å². The van der Waals surface area contributed by atoms with Gasteiger partial charge in [-0.3, -0.25) is 0 Å². The molecular weight excluding hydrogens is 370 g/mol. The Morgan fingerprint density at radius 2 is 1.96 bits per heavy atom. The summed E-state index contributed by atoms with van der Waals surface area (Å²) < 4.78 is 11.4. The predicted molar refractivity (Wildman–Crippen MR) is 96.9 cm³/mol. The number of carbonyl (C=O) groups is 1. The average molecular weight is 384 g/mol. The van der Waals surface area contributed by atoms with E-state index in [2.05, 4.69) is 20.9 Å². The van der Waals surface area contributed by atoms with Crippen LogP contribution in [-0.2, 0) is 9.53 Å². The Kier molecular flexibility index (Phi) is 4.91. The lowest BCUT2D eigenvalue weighted by Crippen LogP contribution is -2.07. The minimum Gasteiger partial charge on any atom is -0.496 e. The molecule has 3 rings (SSSR count). The van der Waals surface area contributed by atoms with Crippen LogP contribution in [0.1, 0.15) is 11.1 Å². The normalized spacial score (nSPS) is 15.7. The van der Waals surface area contributed by atoms with Gasteiger partial charge in [0.1, 0.15) is 5.75 Å². The number of halogens is 1. The second-order valence-electron chi connectivity index (χ2n) is 4.97. The van der Waals surface area contributed by atoms with Crippen LogP contribution in [0.25, 0.3) is 6.08 Å². The summed E-state index contributed by atoms with van der Waals surface area (Å²) in [5.41, 5.74) is 1.91. The number of benzene rings is 2. The van der Waals surface area contributed by atoms with Crippen molar-refractivity contribution in [2.75, 3.05) is 7.11 Å². The highest BCUT2D eigenvalue weighted by atomic mass is 79.9. The maximum Gasteiger partial charge on any atom is 0.363 e. The van der Waals surface area contributed by atoms with Crippen molar-refractivity contribution in [2.24, 2.45) is 4.99 Å². The van der Waals surface area contributed by atoms with Crippen LogP contribution in [0.3, 0.4) is 0 Å². The number of nitrogens with zero attached hydrogens (tertiary/aromatic N) is 1. The van der Waals surface area contributed by atoms with Crippen LogP contribution in [0.15, 0.2) is 75.8 Å². The van der Waals surface area contributed by atoms with E-state index in [4.69, 9.17) is 9.47 Å². The number of ether oxygens (including phenoxy) is 2. The van der Waals surface area contributed by atoms with Crippen LogP contribution in [0.5, 0.6) is 5.75 Å². The third-order valence-electron chi connectivity index (χ3n) is 3.35. The highest BCUT2D eigenvalue weighted by molar-refractivity contribution is 9.10. The molecule has 0 spiro atoms. The predicted octanol–water partition coefficient (Wildman–Crippen LogP) is 4.36. The molecule has 0 fully saturated rings. The zero-order valence-electron chi connectivity index (χ0n) is 12.9. The Balaban J connectivity index is 1.87. The van der Waals surface area contributed by atoms with Gasteiger partial charge in [-0.1, -0.05) is 58.4 Å². The molecule has 0 radical (unpaired) electrons. The third-order valence-corrected chi connectivity index (χ3v) is 3.85. The first-order chi connectivity index (χ1) is 11.7. The number of cyclic esters (lactones) is 1. The number of esters is 1. The quantitative estimate of drug-likeness (QED) is 0.582. The molecular formula is C19H14BrNO3. The highest BCUT2D eigenvalue weighted by Crippen LogP contribution is 2.27. The minimum absolute atomic E-state index is 0.234. The van der Waals surface area contributed by atoms with Gasteiger partial charge >= 0.3 is 5.97 Å². The fraction of sp³-hybridized carbons (Fsp3) is 0.0526. The number of methoxy groups -OCH3 is 1. The van der Waals surface area contributed by atoms with Gasteiger partial charge in [-0.15, -0.1) is 0 Å². The van der Waals surface area contributed by atoms with Gasteiger partial charge in [0.25, 0.3) is 0 Å². The lowest BCUT2D eigenvalue weighted by atomic mass is 10.2. The summed E-state index contributed by atoms with van der Waals surface area (Å²) in [7, 11) is 1.56. The summed E-state index contributed by atoms with van der Waals surface area (Å²) in [6, 6.07) is 15.2. The fourth-order valence-electron chi connectivity index (χ4n) is 2.20. The number of hydrogen-bond acceptors (Lipinski definition) is 4. The van der Waals surface area contributed by atoms with Crippen molar-refractivity contribution in [2.45, 2.75) is 0 Å². The minimum atomic E-state index is -0.482. The summed E-state index contributed by atoms with van der Waals surface area (Å²) >= 11 is 3.39. The van der Waals surface area contributed by atoms with E-state index >= 15 is 0 Å². The van der Waals surface area contributed by atoms with Crippen LogP contribution in [-0.4, -0.2) is 19.0 Å². The zero-order chi connectivity index (χ0) is 16.9. The Morgan fingerprint density at radius 3 is 2.71 bits per heavy atom. The molecule has 0 aliphatic carbocycles. The van der Waals surface area contributed by atoms with Crippen LogP contribution >= 0.6 is 15.9 Å². The maximum absolute atomic E-state index is 12.0. The number of aliphatic imine (C=N–C) groups is 1. The van der Waals surface area contributed by atoms with E-state index in [0.717, 1.165) is 10.0 Å². The highest BCUT2D eigenvalue weighted by Gasteiger charge is 2.25. The van der Waals surface area contributed by atoms with E-state index in [1.165, 1.54) is 0 Å². The number of carbonyl (C=O) groups excluding carboxylic acids is 1. The molecule has 0 saturated carbocycles.